The molecule has 0 fully saturated rings. The van der Waals surface area contributed by atoms with E-state index in [2.05, 4.69) is 5.32 Å². The molecule has 2 heterocycles. The van der Waals surface area contributed by atoms with E-state index in [0.29, 0.717) is 13.0 Å². The molecule has 0 aliphatic carbocycles. The van der Waals surface area contributed by atoms with Crippen LogP contribution < -0.4 is 5.32 Å². The van der Waals surface area contributed by atoms with Crippen LogP contribution in [0.2, 0.25) is 0 Å². The van der Waals surface area contributed by atoms with Crippen LogP contribution >= 0.6 is 23.1 Å². The number of thiophene rings is 1. The lowest BCUT2D eigenvalue weighted by Crippen LogP contribution is -2.27. The summed E-state index contributed by atoms with van der Waals surface area (Å²) in [4.78, 5) is 24.7. The van der Waals surface area contributed by atoms with Gasteiger partial charge in [-0.1, -0.05) is 6.92 Å². The van der Waals surface area contributed by atoms with Crippen molar-refractivity contribution in [1.29, 1.82) is 0 Å². The molecular formula is C14H19NO3S2. The number of hydrogen-bond acceptors (Lipinski definition) is 4. The highest BCUT2D eigenvalue weighted by Crippen LogP contribution is 2.31. The lowest BCUT2D eigenvalue weighted by atomic mass is 10.1. The maximum absolute atomic E-state index is 12.1. The largest absolute Gasteiger partial charge is 0.481 e. The fourth-order valence-electron chi connectivity index (χ4n) is 2.09. The van der Waals surface area contributed by atoms with Crippen molar-refractivity contribution in [3.05, 3.63) is 21.4 Å². The number of fused-ring (bicyclic) bond motifs is 1. The molecule has 1 aliphatic heterocycles. The molecule has 0 spiro atoms. The van der Waals surface area contributed by atoms with E-state index in [-0.39, 0.29) is 18.2 Å². The van der Waals surface area contributed by atoms with Crippen molar-refractivity contribution >= 4 is 35.0 Å². The first-order valence-electron chi connectivity index (χ1n) is 6.75. The number of thioether (sulfide) groups is 1. The second kappa shape index (κ2) is 7.13. The van der Waals surface area contributed by atoms with E-state index in [0.717, 1.165) is 22.8 Å². The van der Waals surface area contributed by atoms with Crippen molar-refractivity contribution in [2.45, 2.75) is 31.9 Å². The van der Waals surface area contributed by atoms with E-state index in [1.807, 2.05) is 24.8 Å². The van der Waals surface area contributed by atoms with Gasteiger partial charge < -0.3 is 10.4 Å². The number of aliphatic carboxylic acids is 1. The number of rotatable bonds is 6. The second-order valence-electron chi connectivity index (χ2n) is 5.11. The predicted molar refractivity (Wildman–Crippen MR) is 82.6 cm³/mol. The van der Waals surface area contributed by atoms with E-state index in [1.165, 1.54) is 10.4 Å². The van der Waals surface area contributed by atoms with E-state index < -0.39 is 5.97 Å². The van der Waals surface area contributed by atoms with Crippen molar-refractivity contribution in [2.24, 2.45) is 5.92 Å². The lowest BCUT2D eigenvalue weighted by molar-refractivity contribution is -0.137. The first-order valence-corrected chi connectivity index (χ1v) is 8.72. The average molecular weight is 313 g/mol. The van der Waals surface area contributed by atoms with Crippen LogP contribution in [0.3, 0.4) is 0 Å². The molecule has 1 atom stereocenters. The van der Waals surface area contributed by atoms with Gasteiger partial charge in [-0.2, -0.15) is 11.8 Å². The van der Waals surface area contributed by atoms with E-state index in [4.69, 9.17) is 5.11 Å². The molecule has 2 rings (SSSR count). The number of carboxylic acids is 1. The summed E-state index contributed by atoms with van der Waals surface area (Å²) in [5.41, 5.74) is 1.30. The molecular weight excluding hydrogens is 294 g/mol. The summed E-state index contributed by atoms with van der Waals surface area (Å²) in [5.74, 6) is 1.51. The number of carboxylic acid groups (broad SMARTS) is 1. The Labute approximate surface area is 127 Å². The number of carbonyl (C=O) groups is 2. The quantitative estimate of drug-likeness (QED) is 0.847. The zero-order valence-corrected chi connectivity index (χ0v) is 13.1. The summed E-state index contributed by atoms with van der Waals surface area (Å²) in [5, 5.41) is 11.5. The SMILES string of the molecule is CC(CCC(=O)O)CNC(=O)c1cc2c(s1)CCSC2. The standard InChI is InChI=1S/C14H19NO3S2/c1-9(2-3-13(16)17)7-15-14(18)12-6-10-8-19-5-4-11(10)20-12/h6,9H,2-5,7-8H2,1H3,(H,15,18)(H,16,17). The minimum atomic E-state index is -0.786. The molecule has 2 N–H and O–H groups in total. The van der Waals surface area contributed by atoms with Gasteiger partial charge in [-0.15, -0.1) is 11.3 Å². The molecule has 1 aliphatic rings. The summed E-state index contributed by atoms with van der Waals surface area (Å²) < 4.78 is 0. The highest BCUT2D eigenvalue weighted by atomic mass is 32.2. The third-order valence-corrected chi connectivity index (χ3v) is 5.56. The summed E-state index contributed by atoms with van der Waals surface area (Å²) >= 11 is 3.50. The molecule has 6 heteroatoms. The lowest BCUT2D eigenvalue weighted by Gasteiger charge is -2.10. The van der Waals surface area contributed by atoms with Crippen LogP contribution in [-0.2, 0) is 17.0 Å². The summed E-state index contributed by atoms with van der Waals surface area (Å²) in [6.45, 7) is 2.49. The van der Waals surface area contributed by atoms with Gasteiger partial charge in [0, 0.05) is 23.6 Å². The molecule has 4 nitrogen and oxygen atoms in total. The first-order chi connectivity index (χ1) is 9.56. The van der Waals surface area contributed by atoms with Crippen molar-refractivity contribution in [3.8, 4) is 0 Å². The third kappa shape index (κ3) is 4.24. The van der Waals surface area contributed by atoms with Gasteiger partial charge in [0.2, 0.25) is 0 Å². The van der Waals surface area contributed by atoms with Gasteiger partial charge in [-0.05, 0) is 36.1 Å². The van der Waals surface area contributed by atoms with E-state index in [1.54, 1.807) is 11.3 Å². The molecule has 1 amide bonds. The average Bonchev–Trinajstić information content (AvgIpc) is 2.86. The number of carbonyl (C=O) groups excluding carboxylic acids is 1. The zero-order valence-electron chi connectivity index (χ0n) is 11.5. The van der Waals surface area contributed by atoms with Crippen LogP contribution in [0.25, 0.3) is 0 Å². The maximum atomic E-state index is 12.1. The van der Waals surface area contributed by atoms with Gasteiger partial charge in [0.15, 0.2) is 0 Å². The van der Waals surface area contributed by atoms with Crippen LogP contribution in [0.4, 0.5) is 0 Å². The summed E-state index contributed by atoms with van der Waals surface area (Å²) in [6, 6.07) is 2.00. The van der Waals surface area contributed by atoms with Crippen LogP contribution in [0, 0.1) is 5.92 Å². The highest BCUT2D eigenvalue weighted by Gasteiger charge is 2.17. The minimum absolute atomic E-state index is 0.0309. The molecule has 0 saturated carbocycles. The molecule has 1 unspecified atom stereocenters. The summed E-state index contributed by atoms with van der Waals surface area (Å²) in [6.07, 6.45) is 1.81. The number of nitrogens with one attached hydrogen (secondary N) is 1. The fraction of sp³-hybridized carbons (Fsp3) is 0.571. The third-order valence-electron chi connectivity index (χ3n) is 3.31. The minimum Gasteiger partial charge on any atom is -0.481 e. The van der Waals surface area contributed by atoms with Gasteiger partial charge in [0.25, 0.3) is 5.91 Å². The van der Waals surface area contributed by atoms with Gasteiger partial charge in [-0.25, -0.2) is 0 Å². The molecule has 20 heavy (non-hydrogen) atoms. The Kier molecular flexibility index (Phi) is 5.48. The van der Waals surface area contributed by atoms with E-state index in [9.17, 15) is 9.59 Å². The molecule has 110 valence electrons. The van der Waals surface area contributed by atoms with Crippen LogP contribution in [-0.4, -0.2) is 29.3 Å². The smallest absolute Gasteiger partial charge is 0.303 e. The Morgan fingerprint density at radius 1 is 1.50 bits per heavy atom. The van der Waals surface area contributed by atoms with Gasteiger partial charge in [0.05, 0.1) is 4.88 Å². The molecule has 1 aromatic heterocycles. The Balaban J connectivity index is 1.82. The Morgan fingerprint density at radius 2 is 2.30 bits per heavy atom. The Bertz CT molecular complexity index is 475. The molecule has 0 bridgehead atoms. The Morgan fingerprint density at radius 3 is 3.00 bits per heavy atom. The summed E-state index contributed by atoms with van der Waals surface area (Å²) in [7, 11) is 0. The van der Waals surface area contributed by atoms with Crippen LogP contribution in [0.5, 0.6) is 0 Å². The number of hydrogen-bond donors (Lipinski definition) is 2. The molecule has 0 saturated heterocycles. The number of aryl methyl sites for hydroxylation is 1. The van der Waals surface area contributed by atoms with Crippen LogP contribution in [0.15, 0.2) is 6.07 Å². The van der Waals surface area contributed by atoms with Gasteiger partial charge in [0.1, 0.15) is 0 Å². The van der Waals surface area contributed by atoms with Gasteiger partial charge in [-0.3, -0.25) is 9.59 Å². The maximum Gasteiger partial charge on any atom is 0.303 e. The number of amides is 1. The van der Waals surface area contributed by atoms with Crippen molar-refractivity contribution in [3.63, 3.8) is 0 Å². The van der Waals surface area contributed by atoms with Gasteiger partial charge >= 0.3 is 5.97 Å². The van der Waals surface area contributed by atoms with Crippen molar-refractivity contribution < 1.29 is 14.7 Å². The molecule has 1 aromatic rings. The second-order valence-corrected chi connectivity index (χ2v) is 7.35. The fourth-order valence-corrected chi connectivity index (χ4v) is 4.37. The topological polar surface area (TPSA) is 66.4 Å². The van der Waals surface area contributed by atoms with Crippen molar-refractivity contribution in [2.75, 3.05) is 12.3 Å². The normalized spacial score (nSPS) is 15.4. The predicted octanol–water partition coefficient (Wildman–Crippen LogP) is 2.77. The van der Waals surface area contributed by atoms with E-state index >= 15 is 0 Å². The van der Waals surface area contributed by atoms with Crippen LogP contribution in [0.1, 0.15) is 39.9 Å². The molecule has 0 radical (unpaired) electrons. The Hall–Kier alpha value is -1.01. The highest BCUT2D eigenvalue weighted by molar-refractivity contribution is 7.98. The van der Waals surface area contributed by atoms with Crippen molar-refractivity contribution in [1.82, 2.24) is 5.32 Å². The zero-order chi connectivity index (χ0) is 14.5. The monoisotopic (exact) mass is 313 g/mol. The first kappa shape index (κ1) is 15.4. The molecule has 0 aromatic carbocycles.